The van der Waals surface area contributed by atoms with Crippen molar-refractivity contribution < 1.29 is 18.8 Å². The van der Waals surface area contributed by atoms with Crippen molar-refractivity contribution in [2.24, 2.45) is 5.73 Å². The predicted octanol–water partition coefficient (Wildman–Crippen LogP) is 0.0227. The highest BCUT2D eigenvalue weighted by atomic mass is 31.2. The lowest BCUT2D eigenvalue weighted by Gasteiger charge is -2.28. The summed E-state index contributed by atoms with van der Waals surface area (Å²) in [7, 11) is -3.87. The smallest absolute Gasteiger partial charge is 0.364 e. The third kappa shape index (κ3) is 3.13. The third-order valence-corrected chi connectivity index (χ3v) is 3.87. The van der Waals surface area contributed by atoms with Gasteiger partial charge in [0.2, 0.25) is 5.95 Å². The van der Waals surface area contributed by atoms with Gasteiger partial charge < -0.3 is 20.5 Å². The molecule has 19 heavy (non-hydrogen) atoms. The SMILES string of the molecule is CCOP(=O)(O)NC1CCNc2nc(C(N)=O)cn21. The lowest BCUT2D eigenvalue weighted by atomic mass is 10.3. The summed E-state index contributed by atoms with van der Waals surface area (Å²) in [6, 6.07) is 0. The molecule has 1 aromatic heterocycles. The van der Waals surface area contributed by atoms with Crippen LogP contribution in [0.15, 0.2) is 6.20 Å². The summed E-state index contributed by atoms with van der Waals surface area (Å²) < 4.78 is 18.0. The molecule has 0 aromatic carbocycles. The first-order valence-electron chi connectivity index (χ1n) is 5.80. The molecule has 0 saturated heterocycles. The maximum absolute atomic E-state index is 11.7. The summed E-state index contributed by atoms with van der Waals surface area (Å²) in [5, 5.41) is 5.50. The minimum absolute atomic E-state index is 0.0976. The number of nitrogens with one attached hydrogen (secondary N) is 2. The van der Waals surface area contributed by atoms with E-state index in [1.807, 2.05) is 0 Å². The Morgan fingerprint density at radius 1 is 1.84 bits per heavy atom. The van der Waals surface area contributed by atoms with Crippen LogP contribution < -0.4 is 16.1 Å². The van der Waals surface area contributed by atoms with Crippen LogP contribution >= 0.6 is 7.75 Å². The van der Waals surface area contributed by atoms with Crippen LogP contribution in [-0.4, -0.2) is 33.5 Å². The van der Waals surface area contributed by atoms with Crippen molar-refractivity contribution in [2.75, 3.05) is 18.5 Å². The van der Waals surface area contributed by atoms with Gasteiger partial charge in [0.15, 0.2) is 0 Å². The Kier molecular flexibility index (Phi) is 3.91. The van der Waals surface area contributed by atoms with Crippen LogP contribution in [0.3, 0.4) is 0 Å². The Labute approximate surface area is 109 Å². The molecule has 2 unspecified atom stereocenters. The van der Waals surface area contributed by atoms with Crippen LogP contribution in [0.5, 0.6) is 0 Å². The Hall–Kier alpha value is -1.41. The van der Waals surface area contributed by atoms with Crippen molar-refractivity contribution in [1.29, 1.82) is 0 Å². The first-order valence-corrected chi connectivity index (χ1v) is 7.38. The van der Waals surface area contributed by atoms with Crippen molar-refractivity contribution in [3.63, 3.8) is 0 Å². The number of fused-ring (bicyclic) bond motifs is 1. The molecule has 0 radical (unpaired) electrons. The molecular weight excluding hydrogens is 273 g/mol. The van der Waals surface area contributed by atoms with Gasteiger partial charge in [-0.05, 0) is 13.3 Å². The highest BCUT2D eigenvalue weighted by molar-refractivity contribution is 7.50. The Balaban J connectivity index is 2.22. The van der Waals surface area contributed by atoms with Crippen molar-refractivity contribution in [2.45, 2.75) is 19.5 Å². The monoisotopic (exact) mass is 289 g/mol. The molecule has 106 valence electrons. The lowest BCUT2D eigenvalue weighted by molar-refractivity contribution is 0.0996. The molecule has 0 saturated carbocycles. The number of primary amides is 1. The van der Waals surface area contributed by atoms with E-state index in [0.717, 1.165) is 0 Å². The molecule has 1 amide bonds. The molecule has 2 rings (SSSR count). The van der Waals surface area contributed by atoms with E-state index in [0.29, 0.717) is 18.9 Å². The van der Waals surface area contributed by atoms with Crippen LogP contribution in [0.4, 0.5) is 5.95 Å². The topological polar surface area (TPSA) is 132 Å². The van der Waals surface area contributed by atoms with Gasteiger partial charge in [-0.2, -0.15) is 0 Å². The number of anilines is 1. The number of rotatable bonds is 5. The predicted molar refractivity (Wildman–Crippen MR) is 67.5 cm³/mol. The zero-order valence-electron chi connectivity index (χ0n) is 10.4. The van der Waals surface area contributed by atoms with Crippen LogP contribution in [-0.2, 0) is 9.09 Å². The molecule has 0 aliphatic carbocycles. The largest absolute Gasteiger partial charge is 0.404 e. The van der Waals surface area contributed by atoms with Crippen LogP contribution in [0.2, 0.25) is 0 Å². The molecule has 1 aliphatic rings. The summed E-state index contributed by atoms with van der Waals surface area (Å²) in [5.74, 6) is -0.228. The van der Waals surface area contributed by atoms with Gasteiger partial charge in [0.25, 0.3) is 5.91 Å². The number of aromatic nitrogens is 2. The van der Waals surface area contributed by atoms with Gasteiger partial charge in [-0.15, -0.1) is 0 Å². The molecule has 1 aliphatic heterocycles. The first kappa shape index (κ1) is 14.0. The molecular formula is C9H16N5O4P. The minimum Gasteiger partial charge on any atom is -0.364 e. The Bertz CT molecular complexity index is 531. The van der Waals surface area contributed by atoms with Crippen molar-refractivity contribution in [3.05, 3.63) is 11.9 Å². The second-order valence-corrected chi connectivity index (χ2v) is 5.58. The molecule has 0 fully saturated rings. The van der Waals surface area contributed by atoms with Gasteiger partial charge >= 0.3 is 7.75 Å². The van der Waals surface area contributed by atoms with E-state index in [1.54, 1.807) is 11.5 Å². The second kappa shape index (κ2) is 5.30. The highest BCUT2D eigenvalue weighted by Crippen LogP contribution is 2.40. The summed E-state index contributed by atoms with van der Waals surface area (Å²) in [6.45, 7) is 2.30. The maximum atomic E-state index is 11.7. The zero-order valence-corrected chi connectivity index (χ0v) is 11.3. The van der Waals surface area contributed by atoms with Gasteiger partial charge in [0, 0.05) is 12.7 Å². The lowest BCUT2D eigenvalue weighted by Crippen LogP contribution is -2.31. The van der Waals surface area contributed by atoms with Crippen LogP contribution in [0.1, 0.15) is 30.0 Å². The van der Waals surface area contributed by atoms with Gasteiger partial charge in [-0.1, -0.05) is 0 Å². The van der Waals surface area contributed by atoms with Crippen molar-refractivity contribution in [3.8, 4) is 0 Å². The molecule has 2 heterocycles. The number of carbonyl (C=O) groups excluding carboxylic acids is 1. The Morgan fingerprint density at radius 2 is 2.58 bits per heavy atom. The highest BCUT2D eigenvalue weighted by Gasteiger charge is 2.29. The van der Waals surface area contributed by atoms with Gasteiger partial charge in [0.05, 0.1) is 12.8 Å². The number of imidazole rings is 1. The number of hydrogen-bond donors (Lipinski definition) is 4. The first-order chi connectivity index (χ1) is 8.93. The summed E-state index contributed by atoms with van der Waals surface area (Å²) in [4.78, 5) is 24.7. The summed E-state index contributed by atoms with van der Waals surface area (Å²) in [6.07, 6.45) is 1.49. The number of amides is 1. The quantitative estimate of drug-likeness (QED) is 0.562. The van der Waals surface area contributed by atoms with Gasteiger partial charge in [-0.25, -0.2) is 14.6 Å². The van der Waals surface area contributed by atoms with Crippen LogP contribution in [0.25, 0.3) is 0 Å². The fourth-order valence-corrected chi connectivity index (χ4v) is 2.92. The van der Waals surface area contributed by atoms with Gasteiger partial charge in [0.1, 0.15) is 5.69 Å². The number of carbonyl (C=O) groups is 1. The molecule has 5 N–H and O–H groups in total. The molecule has 0 bridgehead atoms. The fourth-order valence-electron chi connectivity index (χ4n) is 1.87. The van der Waals surface area contributed by atoms with E-state index in [9.17, 15) is 14.3 Å². The summed E-state index contributed by atoms with van der Waals surface area (Å²) in [5.41, 5.74) is 5.25. The normalized spacial score (nSPS) is 21.3. The molecule has 10 heteroatoms. The van der Waals surface area contributed by atoms with Crippen molar-refractivity contribution >= 4 is 19.6 Å². The van der Waals surface area contributed by atoms with E-state index >= 15 is 0 Å². The third-order valence-electron chi connectivity index (χ3n) is 2.64. The van der Waals surface area contributed by atoms with E-state index in [2.05, 4.69) is 15.4 Å². The molecule has 9 nitrogen and oxygen atoms in total. The minimum atomic E-state index is -3.87. The van der Waals surface area contributed by atoms with E-state index < -0.39 is 19.8 Å². The number of nitrogens with two attached hydrogens (primary N) is 1. The standard InChI is InChI=1S/C9H16N5O4P/c1-2-18-19(16,17)13-7-3-4-11-9-12-6(8(10)15)5-14(7)9/h5,7H,2-4H2,1H3,(H2,10,15)(H,11,12)(H2,13,16,17). The van der Waals surface area contributed by atoms with E-state index in [1.165, 1.54) is 6.20 Å². The van der Waals surface area contributed by atoms with E-state index in [4.69, 9.17) is 10.3 Å². The molecule has 0 spiro atoms. The molecule has 2 atom stereocenters. The maximum Gasteiger partial charge on any atom is 0.404 e. The summed E-state index contributed by atoms with van der Waals surface area (Å²) >= 11 is 0. The van der Waals surface area contributed by atoms with Crippen LogP contribution in [0, 0.1) is 0 Å². The number of nitrogens with zero attached hydrogens (tertiary/aromatic N) is 2. The zero-order chi connectivity index (χ0) is 14.0. The van der Waals surface area contributed by atoms with Crippen molar-refractivity contribution in [1.82, 2.24) is 14.6 Å². The van der Waals surface area contributed by atoms with Gasteiger partial charge in [-0.3, -0.25) is 9.32 Å². The second-order valence-electron chi connectivity index (χ2n) is 4.02. The average molecular weight is 289 g/mol. The van der Waals surface area contributed by atoms with E-state index in [-0.39, 0.29) is 12.3 Å². The average Bonchev–Trinajstić information content (AvgIpc) is 2.73. The molecule has 1 aromatic rings. The Morgan fingerprint density at radius 3 is 3.21 bits per heavy atom. The number of hydrogen-bond acceptors (Lipinski definition) is 5. The fraction of sp³-hybridized carbons (Fsp3) is 0.556.